The molecule has 1 aromatic heterocycles. The second-order valence-electron chi connectivity index (χ2n) is 6.32. The zero-order valence-electron chi connectivity index (χ0n) is 14.5. The van der Waals surface area contributed by atoms with E-state index < -0.39 is 0 Å². The summed E-state index contributed by atoms with van der Waals surface area (Å²) in [6, 6.07) is 10.1. The highest BCUT2D eigenvalue weighted by Gasteiger charge is 2.25. The third-order valence-electron chi connectivity index (χ3n) is 4.65. The van der Waals surface area contributed by atoms with Crippen LogP contribution in [0.2, 0.25) is 0 Å². The summed E-state index contributed by atoms with van der Waals surface area (Å²) < 4.78 is 1.58. The van der Waals surface area contributed by atoms with E-state index in [0.717, 1.165) is 31.4 Å². The maximum atomic E-state index is 12.6. The van der Waals surface area contributed by atoms with Crippen molar-refractivity contribution in [1.29, 1.82) is 0 Å². The first-order valence-electron chi connectivity index (χ1n) is 8.80. The van der Waals surface area contributed by atoms with Crippen molar-refractivity contribution in [3.63, 3.8) is 0 Å². The van der Waals surface area contributed by atoms with Gasteiger partial charge in [-0.05, 0) is 31.2 Å². The summed E-state index contributed by atoms with van der Waals surface area (Å²) in [7, 11) is 0. The van der Waals surface area contributed by atoms with Gasteiger partial charge < -0.3 is 4.90 Å². The highest BCUT2D eigenvalue weighted by atomic mass is 32.2. The van der Waals surface area contributed by atoms with Gasteiger partial charge in [-0.25, -0.2) is 9.89 Å². The Morgan fingerprint density at radius 2 is 2.12 bits per heavy atom. The first-order valence-corrected chi connectivity index (χ1v) is 9.79. The van der Waals surface area contributed by atoms with Gasteiger partial charge in [-0.2, -0.15) is 0 Å². The van der Waals surface area contributed by atoms with E-state index >= 15 is 0 Å². The minimum absolute atomic E-state index is 0.137. The predicted molar refractivity (Wildman–Crippen MR) is 98.8 cm³/mol. The molecular formula is C18H24N4O2S. The number of H-pyrrole nitrogens is 1. The van der Waals surface area contributed by atoms with E-state index in [0.29, 0.717) is 23.5 Å². The summed E-state index contributed by atoms with van der Waals surface area (Å²) in [5, 5.41) is 7.14. The number of thioether (sulfide) groups is 1. The van der Waals surface area contributed by atoms with Gasteiger partial charge >= 0.3 is 5.69 Å². The van der Waals surface area contributed by atoms with Gasteiger partial charge in [-0.3, -0.25) is 9.36 Å². The molecule has 1 aliphatic heterocycles. The van der Waals surface area contributed by atoms with Gasteiger partial charge in [-0.15, -0.1) is 5.10 Å². The Morgan fingerprint density at radius 1 is 1.32 bits per heavy atom. The van der Waals surface area contributed by atoms with Gasteiger partial charge in [0.25, 0.3) is 0 Å². The number of nitrogens with zero attached hydrogens (tertiary/aromatic N) is 3. The Hall–Kier alpha value is -2.02. The van der Waals surface area contributed by atoms with Crippen LogP contribution in [0, 0.1) is 0 Å². The molecule has 0 unspecified atom stereocenters. The SMILES string of the molecule is CC[C@@H]1CCCCN1C(=O)CSc1n[nH]c(=O)n1Cc1ccccc1. The molecule has 0 aliphatic carbocycles. The summed E-state index contributed by atoms with van der Waals surface area (Å²) in [4.78, 5) is 26.6. The van der Waals surface area contributed by atoms with Crippen LogP contribution in [0.3, 0.4) is 0 Å². The minimum Gasteiger partial charge on any atom is -0.339 e. The molecule has 1 N–H and O–H groups in total. The maximum absolute atomic E-state index is 12.6. The monoisotopic (exact) mass is 360 g/mol. The number of aromatic amines is 1. The van der Waals surface area contributed by atoms with Gasteiger partial charge in [0.15, 0.2) is 5.16 Å². The quantitative estimate of drug-likeness (QED) is 0.804. The number of aromatic nitrogens is 3. The van der Waals surface area contributed by atoms with E-state index in [1.807, 2.05) is 35.2 Å². The number of piperidine rings is 1. The molecule has 1 aromatic carbocycles. The van der Waals surface area contributed by atoms with Crippen LogP contribution in [0.5, 0.6) is 0 Å². The number of carbonyl (C=O) groups excluding carboxylic acids is 1. The van der Waals surface area contributed by atoms with Crippen molar-refractivity contribution in [3.8, 4) is 0 Å². The van der Waals surface area contributed by atoms with Gasteiger partial charge in [0.05, 0.1) is 12.3 Å². The summed E-state index contributed by atoms with van der Waals surface area (Å²) in [6.07, 6.45) is 4.37. The zero-order valence-corrected chi connectivity index (χ0v) is 15.3. The number of hydrogen-bond donors (Lipinski definition) is 1. The summed E-state index contributed by atoms with van der Waals surface area (Å²) in [6.45, 7) is 3.43. The molecule has 2 aromatic rings. The molecule has 1 amide bonds. The number of likely N-dealkylation sites (tertiary alicyclic amines) is 1. The van der Waals surface area contributed by atoms with Crippen molar-refractivity contribution in [2.24, 2.45) is 0 Å². The maximum Gasteiger partial charge on any atom is 0.344 e. The molecule has 3 rings (SSSR count). The first kappa shape index (κ1) is 17.8. The van der Waals surface area contributed by atoms with Crippen LogP contribution >= 0.6 is 11.8 Å². The molecule has 6 nitrogen and oxygen atoms in total. The van der Waals surface area contributed by atoms with E-state index in [1.165, 1.54) is 18.2 Å². The van der Waals surface area contributed by atoms with Crippen LogP contribution in [-0.4, -0.2) is 43.9 Å². The third-order valence-corrected chi connectivity index (χ3v) is 5.61. The number of amides is 1. The number of hydrogen-bond acceptors (Lipinski definition) is 4. The second kappa shape index (κ2) is 8.38. The molecule has 1 saturated heterocycles. The van der Waals surface area contributed by atoms with Crippen molar-refractivity contribution in [2.45, 2.75) is 50.4 Å². The lowest BCUT2D eigenvalue weighted by atomic mass is 10.0. The fourth-order valence-electron chi connectivity index (χ4n) is 3.28. The molecule has 2 heterocycles. The molecule has 134 valence electrons. The van der Waals surface area contributed by atoms with Crippen LogP contribution in [0.1, 0.15) is 38.2 Å². The van der Waals surface area contributed by atoms with Crippen LogP contribution in [-0.2, 0) is 11.3 Å². The predicted octanol–water partition coefficient (Wildman–Crippen LogP) is 2.50. The van der Waals surface area contributed by atoms with Crippen molar-refractivity contribution in [1.82, 2.24) is 19.7 Å². The Morgan fingerprint density at radius 3 is 2.88 bits per heavy atom. The van der Waals surface area contributed by atoms with Crippen LogP contribution in [0.15, 0.2) is 40.3 Å². The lowest BCUT2D eigenvalue weighted by Crippen LogP contribution is -2.44. The molecule has 25 heavy (non-hydrogen) atoms. The van der Waals surface area contributed by atoms with Crippen molar-refractivity contribution in [2.75, 3.05) is 12.3 Å². The summed E-state index contributed by atoms with van der Waals surface area (Å²) in [5.74, 6) is 0.452. The summed E-state index contributed by atoms with van der Waals surface area (Å²) >= 11 is 1.33. The van der Waals surface area contributed by atoms with Crippen molar-refractivity contribution in [3.05, 3.63) is 46.4 Å². The molecule has 7 heteroatoms. The van der Waals surface area contributed by atoms with Gasteiger partial charge in [0.1, 0.15) is 0 Å². The lowest BCUT2D eigenvalue weighted by Gasteiger charge is -2.35. The topological polar surface area (TPSA) is 71.0 Å². The number of benzene rings is 1. The number of rotatable bonds is 6. The van der Waals surface area contributed by atoms with E-state index in [9.17, 15) is 9.59 Å². The molecule has 0 bridgehead atoms. The van der Waals surface area contributed by atoms with Gasteiger partial charge in [0, 0.05) is 12.6 Å². The highest BCUT2D eigenvalue weighted by molar-refractivity contribution is 7.99. The van der Waals surface area contributed by atoms with Crippen molar-refractivity contribution < 1.29 is 4.79 Å². The Labute approximate surface area is 151 Å². The molecule has 0 radical (unpaired) electrons. The fourth-order valence-corrected chi connectivity index (χ4v) is 4.11. The van der Waals surface area contributed by atoms with Crippen LogP contribution in [0.25, 0.3) is 0 Å². The van der Waals surface area contributed by atoms with E-state index in [4.69, 9.17) is 0 Å². The molecule has 0 saturated carbocycles. The normalized spacial score (nSPS) is 17.6. The van der Waals surface area contributed by atoms with Gasteiger partial charge in [-0.1, -0.05) is 49.0 Å². The van der Waals surface area contributed by atoms with E-state index in [2.05, 4.69) is 17.1 Å². The Bertz CT molecular complexity index is 756. The first-order chi connectivity index (χ1) is 12.2. The molecule has 0 spiro atoms. The smallest absolute Gasteiger partial charge is 0.339 e. The standard InChI is InChI=1S/C18H24N4O2S/c1-2-15-10-6-7-11-21(15)16(23)13-25-18-20-19-17(24)22(18)12-14-8-4-3-5-9-14/h3-5,8-9,15H,2,6-7,10-13H2,1H3,(H,19,24)/t15-/m1/s1. The van der Waals surface area contributed by atoms with E-state index in [1.54, 1.807) is 4.57 Å². The number of carbonyl (C=O) groups is 1. The average Bonchev–Trinajstić information content (AvgIpc) is 3.00. The van der Waals surface area contributed by atoms with E-state index in [-0.39, 0.29) is 11.6 Å². The lowest BCUT2D eigenvalue weighted by molar-refractivity contribution is -0.132. The molecule has 1 aliphatic rings. The molecular weight excluding hydrogens is 336 g/mol. The third kappa shape index (κ3) is 4.34. The Kier molecular flexibility index (Phi) is 5.96. The molecule has 1 fully saturated rings. The summed E-state index contributed by atoms with van der Waals surface area (Å²) in [5.41, 5.74) is 0.782. The average molecular weight is 360 g/mol. The number of nitrogens with one attached hydrogen (secondary N) is 1. The molecule has 1 atom stereocenters. The highest BCUT2D eigenvalue weighted by Crippen LogP contribution is 2.22. The Balaban J connectivity index is 1.65. The zero-order chi connectivity index (χ0) is 17.6. The minimum atomic E-state index is -0.247. The second-order valence-corrected chi connectivity index (χ2v) is 7.26. The fraction of sp³-hybridized carbons (Fsp3) is 0.500. The van der Waals surface area contributed by atoms with Crippen LogP contribution in [0.4, 0.5) is 0 Å². The largest absolute Gasteiger partial charge is 0.344 e. The van der Waals surface area contributed by atoms with Gasteiger partial charge in [0.2, 0.25) is 5.91 Å². The van der Waals surface area contributed by atoms with Crippen LogP contribution < -0.4 is 5.69 Å². The van der Waals surface area contributed by atoms with Crippen molar-refractivity contribution >= 4 is 17.7 Å².